The fourth-order valence-electron chi connectivity index (χ4n) is 1.82. The number of hydrogen-bond acceptors (Lipinski definition) is 4. The van der Waals surface area contributed by atoms with Crippen LogP contribution in [0.25, 0.3) is 0 Å². The molecule has 2 aromatic rings. The Hall–Kier alpha value is -3.29. The molecule has 124 valence electrons. The topological polar surface area (TPSA) is 84.5 Å². The lowest BCUT2D eigenvalue weighted by Crippen LogP contribution is -2.29. The van der Waals surface area contributed by atoms with E-state index in [1.54, 1.807) is 0 Å². The molecule has 0 saturated carbocycles. The molecule has 0 aliphatic rings. The first-order valence-electron chi connectivity index (χ1n) is 6.67. The fraction of sp³-hybridized carbons (Fsp3) is 0.0625. The van der Waals surface area contributed by atoms with Gasteiger partial charge in [0.15, 0.2) is 0 Å². The molecule has 6 nitrogen and oxygen atoms in total. The molecular formula is C16H12F2N2O4. The number of methoxy groups -OCH3 is 1. The standard InChI is InChI=1S/C16H12F2N2O4/c1-24-16(23)9-4-2-5-10(8-9)19-14(21)15(22)20-13-11(17)6-3-7-12(13)18/h2-8H,1H3,(H,19,21)(H,20,22). The molecule has 0 heterocycles. The lowest BCUT2D eigenvalue weighted by atomic mass is 10.2. The second-order valence-electron chi connectivity index (χ2n) is 4.58. The Morgan fingerprint density at radius 1 is 0.917 bits per heavy atom. The second kappa shape index (κ2) is 7.32. The van der Waals surface area contributed by atoms with Crippen molar-refractivity contribution in [2.45, 2.75) is 0 Å². The number of esters is 1. The molecule has 0 bridgehead atoms. The third-order valence-corrected chi connectivity index (χ3v) is 2.95. The molecular weight excluding hydrogens is 322 g/mol. The highest BCUT2D eigenvalue weighted by molar-refractivity contribution is 6.43. The van der Waals surface area contributed by atoms with Crippen molar-refractivity contribution in [1.29, 1.82) is 0 Å². The van der Waals surface area contributed by atoms with Crippen LogP contribution in [0.3, 0.4) is 0 Å². The number of nitrogens with one attached hydrogen (secondary N) is 2. The molecule has 2 N–H and O–H groups in total. The third kappa shape index (κ3) is 3.92. The molecule has 24 heavy (non-hydrogen) atoms. The smallest absolute Gasteiger partial charge is 0.337 e. The Balaban J connectivity index is 2.10. The molecule has 0 atom stereocenters. The monoisotopic (exact) mass is 334 g/mol. The molecule has 2 rings (SSSR count). The highest BCUT2D eigenvalue weighted by Crippen LogP contribution is 2.18. The van der Waals surface area contributed by atoms with E-state index in [1.807, 2.05) is 5.32 Å². The van der Waals surface area contributed by atoms with Crippen LogP contribution in [0.4, 0.5) is 20.2 Å². The van der Waals surface area contributed by atoms with Crippen LogP contribution in [0.5, 0.6) is 0 Å². The van der Waals surface area contributed by atoms with Crippen molar-refractivity contribution in [1.82, 2.24) is 0 Å². The molecule has 0 aliphatic carbocycles. The summed E-state index contributed by atoms with van der Waals surface area (Å²) in [4.78, 5) is 35.0. The van der Waals surface area contributed by atoms with Gasteiger partial charge in [-0.2, -0.15) is 0 Å². The molecule has 0 aliphatic heterocycles. The summed E-state index contributed by atoms with van der Waals surface area (Å²) in [5.74, 6) is -5.06. The summed E-state index contributed by atoms with van der Waals surface area (Å²) in [6, 6.07) is 8.65. The molecule has 0 unspecified atom stereocenters. The fourth-order valence-corrected chi connectivity index (χ4v) is 1.82. The minimum atomic E-state index is -1.26. The normalized spacial score (nSPS) is 9.96. The van der Waals surface area contributed by atoms with E-state index in [4.69, 9.17) is 0 Å². The van der Waals surface area contributed by atoms with Gasteiger partial charge in [-0.25, -0.2) is 13.6 Å². The van der Waals surface area contributed by atoms with Crippen LogP contribution in [0.1, 0.15) is 10.4 Å². The van der Waals surface area contributed by atoms with Gasteiger partial charge in [0, 0.05) is 5.69 Å². The van der Waals surface area contributed by atoms with Crippen LogP contribution in [0, 0.1) is 11.6 Å². The van der Waals surface area contributed by atoms with Crippen LogP contribution < -0.4 is 10.6 Å². The van der Waals surface area contributed by atoms with E-state index in [9.17, 15) is 23.2 Å². The maximum atomic E-state index is 13.4. The van der Waals surface area contributed by atoms with Crippen LogP contribution in [-0.2, 0) is 14.3 Å². The molecule has 0 spiro atoms. The van der Waals surface area contributed by atoms with Gasteiger partial charge in [-0.05, 0) is 30.3 Å². The van der Waals surface area contributed by atoms with Crippen molar-refractivity contribution in [3.05, 3.63) is 59.7 Å². The molecule has 2 amide bonds. The molecule has 0 aromatic heterocycles. The van der Waals surface area contributed by atoms with Gasteiger partial charge in [-0.15, -0.1) is 0 Å². The largest absolute Gasteiger partial charge is 0.465 e. The van der Waals surface area contributed by atoms with Gasteiger partial charge in [-0.3, -0.25) is 9.59 Å². The Morgan fingerprint density at radius 3 is 2.12 bits per heavy atom. The summed E-state index contributed by atoms with van der Waals surface area (Å²) in [6.07, 6.45) is 0. The molecule has 0 fully saturated rings. The lowest BCUT2D eigenvalue weighted by Gasteiger charge is -2.08. The number of rotatable bonds is 3. The number of ether oxygens (including phenoxy) is 1. The maximum Gasteiger partial charge on any atom is 0.337 e. The molecule has 0 radical (unpaired) electrons. The van der Waals surface area contributed by atoms with E-state index in [0.29, 0.717) is 0 Å². The third-order valence-electron chi connectivity index (χ3n) is 2.95. The predicted octanol–water partition coefficient (Wildman–Crippen LogP) is 2.33. The van der Waals surface area contributed by atoms with Gasteiger partial charge in [0.1, 0.15) is 17.3 Å². The van der Waals surface area contributed by atoms with E-state index in [1.165, 1.54) is 31.4 Å². The quantitative estimate of drug-likeness (QED) is 0.666. The van der Waals surface area contributed by atoms with E-state index >= 15 is 0 Å². The van der Waals surface area contributed by atoms with Crippen molar-refractivity contribution in [3.8, 4) is 0 Å². The number of amides is 2. The van der Waals surface area contributed by atoms with Crippen LogP contribution in [0.2, 0.25) is 0 Å². The molecule has 2 aromatic carbocycles. The van der Waals surface area contributed by atoms with Gasteiger partial charge >= 0.3 is 17.8 Å². The van der Waals surface area contributed by atoms with Crippen molar-refractivity contribution in [2.75, 3.05) is 17.7 Å². The summed E-state index contributed by atoms with van der Waals surface area (Å²) in [6.45, 7) is 0. The van der Waals surface area contributed by atoms with Gasteiger partial charge in [-0.1, -0.05) is 12.1 Å². The number of para-hydroxylation sites is 1. The Bertz CT molecular complexity index is 788. The minimum Gasteiger partial charge on any atom is -0.465 e. The van der Waals surface area contributed by atoms with Gasteiger partial charge < -0.3 is 15.4 Å². The van der Waals surface area contributed by atoms with Crippen molar-refractivity contribution >= 4 is 29.2 Å². The number of halogens is 2. The lowest BCUT2D eigenvalue weighted by molar-refractivity contribution is -0.133. The van der Waals surface area contributed by atoms with E-state index in [-0.39, 0.29) is 11.3 Å². The summed E-state index contributed by atoms with van der Waals surface area (Å²) in [5.41, 5.74) is -0.413. The number of benzene rings is 2. The number of carbonyl (C=O) groups excluding carboxylic acids is 3. The summed E-state index contributed by atoms with van der Waals surface area (Å²) in [7, 11) is 1.20. The Morgan fingerprint density at radius 2 is 1.50 bits per heavy atom. The predicted molar refractivity (Wildman–Crippen MR) is 81.4 cm³/mol. The zero-order valence-electron chi connectivity index (χ0n) is 12.4. The van der Waals surface area contributed by atoms with E-state index < -0.39 is 35.1 Å². The highest BCUT2D eigenvalue weighted by Gasteiger charge is 2.18. The van der Waals surface area contributed by atoms with Gasteiger partial charge in [0.05, 0.1) is 12.7 Å². The van der Waals surface area contributed by atoms with E-state index in [0.717, 1.165) is 18.2 Å². The SMILES string of the molecule is COC(=O)c1cccc(NC(=O)C(=O)Nc2c(F)cccc2F)c1. The average molecular weight is 334 g/mol. The average Bonchev–Trinajstić information content (AvgIpc) is 2.57. The first-order chi connectivity index (χ1) is 11.4. The highest BCUT2D eigenvalue weighted by atomic mass is 19.1. The van der Waals surface area contributed by atoms with Gasteiger partial charge in [0.2, 0.25) is 0 Å². The Labute approximate surface area is 135 Å². The van der Waals surface area contributed by atoms with E-state index in [2.05, 4.69) is 10.1 Å². The zero-order chi connectivity index (χ0) is 17.7. The minimum absolute atomic E-state index is 0.145. The van der Waals surface area contributed by atoms with Gasteiger partial charge in [0.25, 0.3) is 0 Å². The first-order valence-corrected chi connectivity index (χ1v) is 6.67. The number of hydrogen-bond donors (Lipinski definition) is 2. The Kier molecular flexibility index (Phi) is 5.20. The number of carbonyl (C=O) groups is 3. The maximum absolute atomic E-state index is 13.4. The van der Waals surface area contributed by atoms with Crippen molar-refractivity contribution in [2.24, 2.45) is 0 Å². The van der Waals surface area contributed by atoms with Crippen LogP contribution in [0.15, 0.2) is 42.5 Å². The summed E-state index contributed by atoms with van der Waals surface area (Å²) in [5, 5.41) is 4.07. The zero-order valence-corrected chi connectivity index (χ0v) is 12.4. The summed E-state index contributed by atoms with van der Waals surface area (Å²) >= 11 is 0. The molecule has 8 heteroatoms. The molecule has 0 saturated heterocycles. The first kappa shape index (κ1) is 17.1. The van der Waals surface area contributed by atoms with Crippen molar-refractivity contribution < 1.29 is 27.9 Å². The summed E-state index contributed by atoms with van der Waals surface area (Å²) < 4.78 is 31.4. The van der Waals surface area contributed by atoms with Crippen LogP contribution >= 0.6 is 0 Å². The number of anilines is 2. The second-order valence-corrected chi connectivity index (χ2v) is 4.58. The van der Waals surface area contributed by atoms with Crippen molar-refractivity contribution in [3.63, 3.8) is 0 Å². The van der Waals surface area contributed by atoms with Crippen LogP contribution in [-0.4, -0.2) is 24.9 Å².